The molecular weight excluding hydrogens is 502 g/mol. The topological polar surface area (TPSA) is 204 Å². The third kappa shape index (κ3) is 5.41. The molecule has 6 atom stereocenters. The monoisotopic (exact) mass is 537 g/mol. The van der Waals surface area contributed by atoms with Crippen LogP contribution in [0.3, 0.4) is 0 Å². The fourth-order valence-electron chi connectivity index (χ4n) is 5.74. The van der Waals surface area contributed by atoms with E-state index >= 15 is 0 Å². The number of aliphatic hydroxyl groups excluding tert-OH is 1. The van der Waals surface area contributed by atoms with Crippen molar-refractivity contribution < 1.29 is 29.4 Å². The number of thioether (sulfide) groups is 1. The van der Waals surface area contributed by atoms with Crippen molar-refractivity contribution >= 4 is 41.4 Å². The van der Waals surface area contributed by atoms with E-state index in [9.17, 15) is 29.4 Å². The number of hydrogen-bond donors (Lipinski definition) is 6. The van der Waals surface area contributed by atoms with Gasteiger partial charge in [0.1, 0.15) is 12.2 Å². The van der Waals surface area contributed by atoms with Crippen molar-refractivity contribution in [1.82, 2.24) is 20.4 Å². The highest BCUT2D eigenvalue weighted by molar-refractivity contribution is 8.03. The van der Waals surface area contributed by atoms with Crippen molar-refractivity contribution in [3.63, 3.8) is 0 Å². The molecule has 4 aliphatic rings. The third-order valence-electron chi connectivity index (χ3n) is 7.57. The first-order chi connectivity index (χ1) is 17.5. The van der Waals surface area contributed by atoms with E-state index in [1.54, 1.807) is 11.8 Å². The Morgan fingerprint density at radius 3 is 2.54 bits per heavy atom. The summed E-state index contributed by atoms with van der Waals surface area (Å²) < 4.78 is 0. The highest BCUT2D eigenvalue weighted by Crippen LogP contribution is 2.51. The number of carbonyl (C=O) groups is 4. The molecule has 0 aromatic carbocycles. The largest absolute Gasteiger partial charge is 0.477 e. The lowest BCUT2D eigenvalue weighted by atomic mass is 9.79. The maximum atomic E-state index is 13.1. The molecule has 4 aliphatic heterocycles. The average Bonchev–Trinajstić information content (AvgIpc) is 3.39. The van der Waals surface area contributed by atoms with Gasteiger partial charge in [-0.2, -0.15) is 0 Å². The van der Waals surface area contributed by atoms with Gasteiger partial charge in [0.15, 0.2) is 5.96 Å². The molecule has 3 saturated heterocycles. The molecule has 14 heteroatoms. The number of nitrogens with one attached hydrogen (secondary N) is 2. The van der Waals surface area contributed by atoms with Crippen LogP contribution in [0, 0.1) is 11.8 Å². The number of hydrogen-bond acceptors (Lipinski definition) is 8. The zero-order chi connectivity index (χ0) is 27.0. The molecule has 8 N–H and O–H groups in total. The zero-order valence-corrected chi connectivity index (χ0v) is 21.7. The Morgan fingerprint density at radius 2 is 1.95 bits per heavy atom. The number of β-lactam (4-membered cyclic amide) rings is 1. The fraction of sp³-hybridized carbons (Fsp3) is 0.696. The van der Waals surface area contributed by atoms with E-state index < -0.39 is 18.0 Å². The van der Waals surface area contributed by atoms with Gasteiger partial charge in [-0.3, -0.25) is 14.4 Å². The molecule has 0 aromatic heterocycles. The van der Waals surface area contributed by atoms with Crippen molar-refractivity contribution in [1.29, 1.82) is 0 Å². The van der Waals surface area contributed by atoms with Gasteiger partial charge < -0.3 is 42.1 Å². The summed E-state index contributed by atoms with van der Waals surface area (Å²) in [7, 11) is 0. The first-order valence-corrected chi connectivity index (χ1v) is 13.4. The van der Waals surface area contributed by atoms with E-state index in [0.717, 1.165) is 0 Å². The molecule has 3 fully saturated rings. The Hall–Kier alpha value is -2.84. The molecule has 4 heterocycles. The maximum absolute atomic E-state index is 13.1. The van der Waals surface area contributed by atoms with Gasteiger partial charge in [0.2, 0.25) is 17.7 Å². The lowest BCUT2D eigenvalue weighted by Crippen LogP contribution is -2.63. The summed E-state index contributed by atoms with van der Waals surface area (Å²) in [5.74, 6) is -2.72. The lowest BCUT2D eigenvalue weighted by Gasteiger charge is -2.46. The predicted octanol–water partition coefficient (Wildman–Crippen LogP) is -2.02. The molecule has 0 saturated carbocycles. The number of likely N-dealkylation sites (tertiary alicyclic amines) is 1. The molecule has 4 rings (SSSR count). The normalized spacial score (nSPS) is 30.6. The van der Waals surface area contributed by atoms with Gasteiger partial charge >= 0.3 is 5.97 Å². The summed E-state index contributed by atoms with van der Waals surface area (Å²) in [5.41, 5.74) is 10.5. The van der Waals surface area contributed by atoms with E-state index in [4.69, 9.17) is 11.5 Å². The van der Waals surface area contributed by atoms with Gasteiger partial charge in [0, 0.05) is 41.7 Å². The number of nitrogens with two attached hydrogens (primary N) is 2. The van der Waals surface area contributed by atoms with Crippen LogP contribution in [0.25, 0.3) is 0 Å². The molecule has 37 heavy (non-hydrogen) atoms. The smallest absolute Gasteiger partial charge is 0.353 e. The second kappa shape index (κ2) is 10.9. The SMILES string of the molecule is C[C@@H](O)[C@H]1C(=O)N2C(C(=O)O)=C(S[C@@H]3CN[C@H](C(=O)N4CCC(NC(=O)CN=C(N)N)CC4)C3)[C@H](C)[C@H]12. The van der Waals surface area contributed by atoms with Gasteiger partial charge in [0.05, 0.1) is 24.1 Å². The molecule has 0 radical (unpaired) electrons. The van der Waals surface area contributed by atoms with E-state index in [1.807, 2.05) is 6.92 Å². The molecule has 0 bridgehead atoms. The predicted molar refractivity (Wildman–Crippen MR) is 136 cm³/mol. The number of carbonyl (C=O) groups excluding carboxylic acids is 3. The minimum absolute atomic E-state index is 0.00290. The van der Waals surface area contributed by atoms with E-state index in [-0.39, 0.29) is 65.2 Å². The first kappa shape index (κ1) is 27.2. The summed E-state index contributed by atoms with van der Waals surface area (Å²) in [5, 5.41) is 26.0. The second-order valence-corrected chi connectivity index (χ2v) is 11.5. The number of fused-ring (bicyclic) bond motifs is 1. The Kier molecular flexibility index (Phi) is 7.99. The number of amides is 3. The first-order valence-electron chi connectivity index (χ1n) is 12.5. The minimum atomic E-state index is -1.15. The molecular formula is C23H35N7O6S. The Morgan fingerprint density at radius 1 is 1.27 bits per heavy atom. The van der Waals surface area contributed by atoms with Crippen molar-refractivity contribution in [3.8, 4) is 0 Å². The number of rotatable bonds is 8. The third-order valence-corrected chi connectivity index (χ3v) is 9.08. The highest BCUT2D eigenvalue weighted by atomic mass is 32.2. The Bertz CT molecular complexity index is 1020. The fourth-order valence-corrected chi connectivity index (χ4v) is 7.22. The Balaban J connectivity index is 1.30. The summed E-state index contributed by atoms with van der Waals surface area (Å²) in [6.45, 7) is 4.90. The number of piperidine rings is 1. The molecule has 0 aliphatic carbocycles. The van der Waals surface area contributed by atoms with Crippen LogP contribution in [-0.4, -0.2) is 105 Å². The highest BCUT2D eigenvalue weighted by Gasteiger charge is 2.60. The molecule has 0 spiro atoms. The number of carboxylic acid groups (broad SMARTS) is 1. The van der Waals surface area contributed by atoms with Crippen LogP contribution in [-0.2, 0) is 19.2 Å². The van der Waals surface area contributed by atoms with E-state index in [0.29, 0.717) is 43.8 Å². The zero-order valence-electron chi connectivity index (χ0n) is 20.9. The molecule has 0 aromatic rings. The number of guanidine groups is 1. The number of aliphatic hydroxyl groups is 1. The van der Waals surface area contributed by atoms with Crippen molar-refractivity contribution in [2.24, 2.45) is 28.3 Å². The van der Waals surface area contributed by atoms with Gasteiger partial charge in [-0.15, -0.1) is 11.8 Å². The van der Waals surface area contributed by atoms with Crippen LogP contribution >= 0.6 is 11.8 Å². The van der Waals surface area contributed by atoms with Crippen LogP contribution in [0.5, 0.6) is 0 Å². The Labute approximate surface area is 219 Å². The minimum Gasteiger partial charge on any atom is -0.477 e. The number of aliphatic imine (C=N–C) groups is 1. The standard InChI is InChI=1S/C23H35N7O6S/c1-10-17-16(11(2)31)21(34)30(17)18(22(35)36)19(10)37-13-7-14(26-8-13)20(33)29-5-3-12(4-6-29)28-15(32)9-27-23(24)25/h10-14,16-17,26,31H,3-9H2,1-2H3,(H,28,32)(H,35,36)(H4,24,25,27)/t10-,11-,13+,14+,16-,17-/m1/s1. The maximum Gasteiger partial charge on any atom is 0.353 e. The van der Waals surface area contributed by atoms with Crippen LogP contribution in [0.2, 0.25) is 0 Å². The summed E-state index contributed by atoms with van der Waals surface area (Å²) >= 11 is 1.42. The summed E-state index contributed by atoms with van der Waals surface area (Å²) in [4.78, 5) is 57.1. The van der Waals surface area contributed by atoms with Crippen molar-refractivity contribution in [2.45, 2.75) is 62.6 Å². The lowest BCUT2D eigenvalue weighted by molar-refractivity contribution is -0.163. The van der Waals surface area contributed by atoms with E-state index in [1.165, 1.54) is 16.7 Å². The van der Waals surface area contributed by atoms with Gasteiger partial charge in [-0.1, -0.05) is 6.92 Å². The summed E-state index contributed by atoms with van der Waals surface area (Å²) in [6, 6.07) is -0.775. The van der Waals surface area contributed by atoms with E-state index in [2.05, 4.69) is 15.6 Å². The number of carboxylic acids is 1. The summed E-state index contributed by atoms with van der Waals surface area (Å²) in [6.07, 6.45) is 0.958. The second-order valence-electron chi connectivity index (χ2n) is 10.1. The molecule has 204 valence electrons. The molecule has 13 nitrogen and oxygen atoms in total. The van der Waals surface area contributed by atoms with Gasteiger partial charge in [-0.25, -0.2) is 9.79 Å². The molecule has 3 amide bonds. The average molecular weight is 538 g/mol. The number of nitrogens with zero attached hydrogens (tertiary/aromatic N) is 3. The van der Waals surface area contributed by atoms with Crippen LogP contribution in [0.4, 0.5) is 0 Å². The van der Waals surface area contributed by atoms with Gasteiger partial charge in [0.25, 0.3) is 0 Å². The van der Waals surface area contributed by atoms with Crippen molar-refractivity contribution in [2.75, 3.05) is 26.2 Å². The van der Waals surface area contributed by atoms with Gasteiger partial charge in [-0.05, 0) is 26.2 Å². The molecule has 0 unspecified atom stereocenters. The van der Waals surface area contributed by atoms with Crippen LogP contribution < -0.4 is 22.1 Å². The quantitative estimate of drug-likeness (QED) is 0.114. The van der Waals surface area contributed by atoms with Crippen LogP contribution in [0.1, 0.15) is 33.1 Å². The van der Waals surface area contributed by atoms with Crippen molar-refractivity contribution in [3.05, 3.63) is 10.6 Å². The van der Waals surface area contributed by atoms with Crippen LogP contribution in [0.15, 0.2) is 15.6 Å². The number of aliphatic carboxylic acids is 1.